The van der Waals surface area contributed by atoms with Gasteiger partial charge in [0.25, 0.3) is 0 Å². The standard InChI is InChI=1S/C17H30N2O3/c1-2-3-12-4-8-14(9-5-12)18-17(22)19-15-10-6-13(7-11-15)16(20)21/h12-15H,2-11H2,1H3,(H,20,21)(H2,18,19,22). The van der Waals surface area contributed by atoms with Gasteiger partial charge in [-0.1, -0.05) is 19.8 Å². The van der Waals surface area contributed by atoms with Crippen LogP contribution in [0.5, 0.6) is 0 Å². The largest absolute Gasteiger partial charge is 0.481 e. The van der Waals surface area contributed by atoms with Crippen molar-refractivity contribution < 1.29 is 14.7 Å². The maximum absolute atomic E-state index is 12.1. The number of carboxylic acid groups (broad SMARTS) is 1. The van der Waals surface area contributed by atoms with Crippen LogP contribution in [0.1, 0.15) is 71.1 Å². The van der Waals surface area contributed by atoms with Crippen LogP contribution < -0.4 is 10.6 Å². The van der Waals surface area contributed by atoms with Gasteiger partial charge in [0.2, 0.25) is 0 Å². The first-order valence-corrected chi connectivity index (χ1v) is 8.88. The van der Waals surface area contributed by atoms with Gasteiger partial charge in [-0.15, -0.1) is 0 Å². The van der Waals surface area contributed by atoms with Gasteiger partial charge in [0.05, 0.1) is 5.92 Å². The van der Waals surface area contributed by atoms with Gasteiger partial charge in [-0.25, -0.2) is 4.79 Å². The molecule has 126 valence electrons. The average Bonchev–Trinajstić information content (AvgIpc) is 2.50. The van der Waals surface area contributed by atoms with Crippen molar-refractivity contribution in [3.05, 3.63) is 0 Å². The van der Waals surface area contributed by atoms with Crippen molar-refractivity contribution in [1.82, 2.24) is 10.6 Å². The summed E-state index contributed by atoms with van der Waals surface area (Å²) < 4.78 is 0. The number of nitrogens with one attached hydrogen (secondary N) is 2. The molecule has 0 saturated heterocycles. The van der Waals surface area contributed by atoms with Crippen LogP contribution in [-0.4, -0.2) is 29.2 Å². The molecule has 0 aromatic heterocycles. The number of hydrogen-bond acceptors (Lipinski definition) is 2. The zero-order chi connectivity index (χ0) is 15.9. The van der Waals surface area contributed by atoms with Crippen molar-refractivity contribution in [3.8, 4) is 0 Å². The van der Waals surface area contributed by atoms with E-state index in [1.807, 2.05) is 0 Å². The lowest BCUT2D eigenvalue weighted by molar-refractivity contribution is -0.142. The molecule has 5 nitrogen and oxygen atoms in total. The van der Waals surface area contributed by atoms with Gasteiger partial charge in [0.1, 0.15) is 0 Å². The number of aliphatic carboxylic acids is 1. The molecule has 0 atom stereocenters. The number of urea groups is 1. The van der Waals surface area contributed by atoms with Crippen LogP contribution in [0.4, 0.5) is 4.79 Å². The van der Waals surface area contributed by atoms with Crippen molar-refractivity contribution in [3.63, 3.8) is 0 Å². The lowest BCUT2D eigenvalue weighted by Gasteiger charge is -2.31. The second kappa shape index (κ2) is 8.39. The highest BCUT2D eigenvalue weighted by atomic mass is 16.4. The third-order valence-electron chi connectivity index (χ3n) is 5.29. The fraction of sp³-hybridized carbons (Fsp3) is 0.882. The van der Waals surface area contributed by atoms with Crippen LogP contribution in [0, 0.1) is 11.8 Å². The minimum absolute atomic E-state index is 0.0716. The molecular formula is C17H30N2O3. The number of rotatable bonds is 5. The third-order valence-corrected chi connectivity index (χ3v) is 5.29. The van der Waals surface area contributed by atoms with E-state index in [1.165, 1.54) is 25.7 Å². The van der Waals surface area contributed by atoms with E-state index in [1.54, 1.807) is 0 Å². The van der Waals surface area contributed by atoms with Gasteiger partial charge in [0.15, 0.2) is 0 Å². The quantitative estimate of drug-likeness (QED) is 0.729. The van der Waals surface area contributed by atoms with Crippen LogP contribution in [0.15, 0.2) is 0 Å². The van der Waals surface area contributed by atoms with Gasteiger partial charge in [-0.3, -0.25) is 4.79 Å². The molecule has 0 aromatic rings. The van der Waals surface area contributed by atoms with Crippen LogP contribution in [0.3, 0.4) is 0 Å². The number of carbonyl (C=O) groups is 2. The summed E-state index contributed by atoms with van der Waals surface area (Å²) in [6.07, 6.45) is 10.1. The molecule has 0 spiro atoms. The van der Waals surface area contributed by atoms with E-state index in [-0.39, 0.29) is 18.0 Å². The van der Waals surface area contributed by atoms with E-state index in [9.17, 15) is 9.59 Å². The maximum atomic E-state index is 12.1. The first-order chi connectivity index (χ1) is 10.6. The molecule has 22 heavy (non-hydrogen) atoms. The van der Waals surface area contributed by atoms with E-state index in [4.69, 9.17) is 5.11 Å². The summed E-state index contributed by atoms with van der Waals surface area (Å²) in [4.78, 5) is 23.0. The highest BCUT2D eigenvalue weighted by Crippen LogP contribution is 2.28. The van der Waals surface area contributed by atoms with Crippen molar-refractivity contribution in [2.24, 2.45) is 11.8 Å². The summed E-state index contributed by atoms with van der Waals surface area (Å²) in [7, 11) is 0. The third kappa shape index (κ3) is 5.18. The topological polar surface area (TPSA) is 78.4 Å². The molecule has 2 saturated carbocycles. The van der Waals surface area contributed by atoms with Gasteiger partial charge in [-0.05, 0) is 57.3 Å². The van der Waals surface area contributed by atoms with Crippen molar-refractivity contribution >= 4 is 12.0 Å². The summed E-state index contributed by atoms with van der Waals surface area (Å²) in [5.74, 6) is -0.0842. The Labute approximate surface area is 133 Å². The molecule has 0 unspecified atom stereocenters. The monoisotopic (exact) mass is 310 g/mol. The zero-order valence-electron chi connectivity index (χ0n) is 13.6. The lowest BCUT2D eigenvalue weighted by Crippen LogP contribution is -2.48. The Kier molecular flexibility index (Phi) is 6.52. The van der Waals surface area contributed by atoms with Crippen LogP contribution in [-0.2, 0) is 4.79 Å². The first-order valence-electron chi connectivity index (χ1n) is 8.88. The molecule has 2 fully saturated rings. The van der Waals surface area contributed by atoms with Crippen LogP contribution in [0.25, 0.3) is 0 Å². The Morgan fingerprint density at radius 2 is 1.41 bits per heavy atom. The summed E-state index contributed by atoms with van der Waals surface area (Å²) in [5, 5.41) is 15.1. The second-order valence-electron chi connectivity index (χ2n) is 7.01. The Balaban J connectivity index is 1.63. The fourth-order valence-corrected chi connectivity index (χ4v) is 3.90. The predicted molar refractivity (Wildman–Crippen MR) is 85.7 cm³/mol. The van der Waals surface area contributed by atoms with Gasteiger partial charge < -0.3 is 15.7 Å². The van der Waals surface area contributed by atoms with Gasteiger partial charge in [-0.2, -0.15) is 0 Å². The fourth-order valence-electron chi connectivity index (χ4n) is 3.90. The SMILES string of the molecule is CCCC1CCC(NC(=O)NC2CCC(C(=O)O)CC2)CC1. The van der Waals surface area contributed by atoms with Crippen molar-refractivity contribution in [2.45, 2.75) is 83.2 Å². The Morgan fingerprint density at radius 1 is 0.909 bits per heavy atom. The van der Waals surface area contributed by atoms with E-state index < -0.39 is 5.97 Å². The zero-order valence-corrected chi connectivity index (χ0v) is 13.6. The van der Waals surface area contributed by atoms with E-state index in [0.29, 0.717) is 18.9 Å². The second-order valence-corrected chi connectivity index (χ2v) is 7.01. The van der Waals surface area contributed by atoms with E-state index in [2.05, 4.69) is 17.6 Å². The molecular weight excluding hydrogens is 280 g/mol. The summed E-state index contributed by atoms with van der Waals surface area (Å²) in [5.41, 5.74) is 0. The van der Waals surface area contributed by atoms with Crippen molar-refractivity contribution in [1.29, 1.82) is 0 Å². The molecule has 0 aliphatic heterocycles. The van der Waals surface area contributed by atoms with Crippen LogP contribution >= 0.6 is 0 Å². The molecule has 5 heteroatoms. The lowest BCUT2D eigenvalue weighted by atomic mass is 9.83. The highest BCUT2D eigenvalue weighted by Gasteiger charge is 2.27. The maximum Gasteiger partial charge on any atom is 0.315 e. The van der Waals surface area contributed by atoms with E-state index in [0.717, 1.165) is 31.6 Å². The Hall–Kier alpha value is -1.26. The molecule has 0 heterocycles. The smallest absolute Gasteiger partial charge is 0.315 e. The average molecular weight is 310 g/mol. The number of carboxylic acids is 1. The molecule has 2 aliphatic rings. The molecule has 2 rings (SSSR count). The molecule has 0 radical (unpaired) electrons. The number of carbonyl (C=O) groups excluding carboxylic acids is 1. The summed E-state index contributed by atoms with van der Waals surface area (Å²) in [6.45, 7) is 2.23. The Bertz CT molecular complexity index is 370. The van der Waals surface area contributed by atoms with Crippen molar-refractivity contribution in [2.75, 3.05) is 0 Å². The molecule has 2 aliphatic carbocycles. The molecule has 0 bridgehead atoms. The summed E-state index contributed by atoms with van der Waals surface area (Å²) in [6, 6.07) is 0.369. The molecule has 3 N–H and O–H groups in total. The summed E-state index contributed by atoms with van der Waals surface area (Å²) >= 11 is 0. The highest BCUT2D eigenvalue weighted by molar-refractivity contribution is 5.74. The predicted octanol–water partition coefficient (Wildman–Crippen LogP) is 3.29. The minimum Gasteiger partial charge on any atom is -0.481 e. The number of hydrogen-bond donors (Lipinski definition) is 3. The van der Waals surface area contributed by atoms with Crippen LogP contribution in [0.2, 0.25) is 0 Å². The van der Waals surface area contributed by atoms with Gasteiger partial charge >= 0.3 is 12.0 Å². The normalized spacial score (nSPS) is 32.2. The number of amides is 2. The first kappa shape index (κ1) is 17.1. The Morgan fingerprint density at radius 3 is 1.86 bits per heavy atom. The van der Waals surface area contributed by atoms with E-state index >= 15 is 0 Å². The minimum atomic E-state index is -0.702. The molecule has 2 amide bonds. The molecule has 0 aromatic carbocycles. The van der Waals surface area contributed by atoms with Gasteiger partial charge in [0, 0.05) is 12.1 Å².